The first-order chi connectivity index (χ1) is 7.60. The summed E-state index contributed by atoms with van der Waals surface area (Å²) in [6.07, 6.45) is 1.38. The lowest BCUT2D eigenvalue weighted by Crippen LogP contribution is -2.45. The van der Waals surface area contributed by atoms with Gasteiger partial charge in [-0.25, -0.2) is 4.79 Å². The Labute approximate surface area is 103 Å². The molecule has 0 bridgehead atoms. The quantitative estimate of drug-likeness (QED) is 0.763. The zero-order valence-electron chi connectivity index (χ0n) is 11.7. The van der Waals surface area contributed by atoms with Crippen molar-refractivity contribution in [2.75, 3.05) is 7.05 Å². The van der Waals surface area contributed by atoms with Crippen LogP contribution >= 0.6 is 0 Å². The van der Waals surface area contributed by atoms with Crippen molar-refractivity contribution in [1.29, 1.82) is 0 Å². The van der Waals surface area contributed by atoms with Crippen molar-refractivity contribution in [2.45, 2.75) is 59.1 Å². The van der Waals surface area contributed by atoms with Crippen molar-refractivity contribution in [3.05, 3.63) is 0 Å². The molecule has 0 saturated heterocycles. The fourth-order valence-corrected chi connectivity index (χ4v) is 2.06. The molecular formula is C13H23NO3. The molecule has 1 saturated carbocycles. The SMILES string of the molecule is CC(=O)C1(C(C)N(C)C(=O)OC(C)(C)C)CC1. The van der Waals surface area contributed by atoms with Crippen molar-refractivity contribution in [1.82, 2.24) is 4.90 Å². The summed E-state index contributed by atoms with van der Waals surface area (Å²) in [6.45, 7) is 9.02. The zero-order valence-corrected chi connectivity index (χ0v) is 11.7. The number of amides is 1. The second-order valence-electron chi connectivity index (χ2n) is 5.98. The van der Waals surface area contributed by atoms with E-state index in [0.29, 0.717) is 0 Å². The third-order valence-corrected chi connectivity index (χ3v) is 3.55. The van der Waals surface area contributed by atoms with E-state index in [0.717, 1.165) is 12.8 Å². The molecule has 1 atom stereocenters. The van der Waals surface area contributed by atoms with Gasteiger partial charge in [0, 0.05) is 18.5 Å². The Morgan fingerprint density at radius 3 is 2.06 bits per heavy atom. The number of hydrogen-bond acceptors (Lipinski definition) is 3. The van der Waals surface area contributed by atoms with Gasteiger partial charge in [-0.05, 0) is 47.5 Å². The van der Waals surface area contributed by atoms with Gasteiger partial charge >= 0.3 is 6.09 Å². The molecule has 1 aliphatic rings. The molecule has 4 nitrogen and oxygen atoms in total. The van der Waals surface area contributed by atoms with Crippen LogP contribution in [0.3, 0.4) is 0 Å². The minimum atomic E-state index is -0.502. The largest absolute Gasteiger partial charge is 0.444 e. The molecule has 0 aromatic rings. The van der Waals surface area contributed by atoms with Gasteiger partial charge in [0.2, 0.25) is 0 Å². The van der Waals surface area contributed by atoms with E-state index in [9.17, 15) is 9.59 Å². The van der Waals surface area contributed by atoms with E-state index in [1.165, 1.54) is 0 Å². The lowest BCUT2D eigenvalue weighted by atomic mass is 9.93. The molecule has 17 heavy (non-hydrogen) atoms. The van der Waals surface area contributed by atoms with Crippen molar-refractivity contribution < 1.29 is 14.3 Å². The summed E-state index contributed by atoms with van der Waals surface area (Å²) in [6, 6.07) is -0.102. The van der Waals surface area contributed by atoms with Crippen LogP contribution in [-0.2, 0) is 9.53 Å². The highest BCUT2D eigenvalue weighted by molar-refractivity contribution is 5.86. The van der Waals surface area contributed by atoms with Crippen LogP contribution in [0.25, 0.3) is 0 Å². The Bertz CT molecular complexity index is 326. The second kappa shape index (κ2) is 4.31. The molecular weight excluding hydrogens is 218 g/mol. The highest BCUT2D eigenvalue weighted by atomic mass is 16.6. The van der Waals surface area contributed by atoms with Gasteiger partial charge in [0.25, 0.3) is 0 Å². The lowest BCUT2D eigenvalue weighted by molar-refractivity contribution is -0.124. The third-order valence-electron chi connectivity index (χ3n) is 3.55. The summed E-state index contributed by atoms with van der Waals surface area (Å²) < 4.78 is 5.30. The Balaban J connectivity index is 2.68. The van der Waals surface area contributed by atoms with E-state index in [-0.39, 0.29) is 23.3 Å². The second-order valence-corrected chi connectivity index (χ2v) is 5.98. The number of carbonyl (C=O) groups excluding carboxylic acids is 2. The van der Waals surface area contributed by atoms with Crippen molar-refractivity contribution in [3.63, 3.8) is 0 Å². The first-order valence-electron chi connectivity index (χ1n) is 6.07. The maximum absolute atomic E-state index is 11.9. The summed E-state index contributed by atoms with van der Waals surface area (Å²) >= 11 is 0. The van der Waals surface area contributed by atoms with Crippen molar-refractivity contribution in [2.24, 2.45) is 5.41 Å². The van der Waals surface area contributed by atoms with E-state index < -0.39 is 5.60 Å². The maximum Gasteiger partial charge on any atom is 0.410 e. The molecule has 1 unspecified atom stereocenters. The number of ketones is 1. The normalized spacial score (nSPS) is 19.4. The average Bonchev–Trinajstić information content (AvgIpc) is 2.93. The van der Waals surface area contributed by atoms with Crippen LogP contribution in [0, 0.1) is 5.41 Å². The number of rotatable bonds is 3. The van der Waals surface area contributed by atoms with Gasteiger partial charge in [-0.3, -0.25) is 4.79 Å². The highest BCUT2D eigenvalue weighted by Gasteiger charge is 2.54. The maximum atomic E-state index is 11.9. The van der Waals surface area contributed by atoms with Gasteiger partial charge in [-0.15, -0.1) is 0 Å². The summed E-state index contributed by atoms with van der Waals surface area (Å²) in [5.74, 6) is 0.167. The van der Waals surface area contributed by atoms with Gasteiger partial charge in [0.15, 0.2) is 0 Å². The van der Waals surface area contributed by atoms with Gasteiger partial charge in [0.1, 0.15) is 11.4 Å². The first kappa shape index (κ1) is 14.0. The number of ether oxygens (including phenoxy) is 1. The van der Waals surface area contributed by atoms with Gasteiger partial charge in [-0.2, -0.15) is 0 Å². The van der Waals surface area contributed by atoms with E-state index >= 15 is 0 Å². The molecule has 1 rings (SSSR count). The summed E-state index contributed by atoms with van der Waals surface area (Å²) in [4.78, 5) is 25.0. The minimum Gasteiger partial charge on any atom is -0.444 e. The predicted molar refractivity (Wildman–Crippen MR) is 65.8 cm³/mol. The minimum absolute atomic E-state index is 0.102. The highest BCUT2D eigenvalue weighted by Crippen LogP contribution is 2.51. The molecule has 0 spiro atoms. The smallest absolute Gasteiger partial charge is 0.410 e. The standard InChI is InChI=1S/C13H23NO3/c1-9(13(7-8-13)10(2)15)14(6)11(16)17-12(3,4)5/h9H,7-8H2,1-6H3. The molecule has 1 aliphatic carbocycles. The van der Waals surface area contributed by atoms with Crippen LogP contribution in [0.2, 0.25) is 0 Å². The Kier molecular flexibility index (Phi) is 3.55. The monoisotopic (exact) mass is 241 g/mol. The molecule has 98 valence electrons. The molecule has 0 N–H and O–H groups in total. The number of hydrogen-bond donors (Lipinski definition) is 0. The van der Waals surface area contributed by atoms with Gasteiger partial charge in [-0.1, -0.05) is 0 Å². The number of carbonyl (C=O) groups is 2. The van der Waals surface area contributed by atoms with Gasteiger partial charge in [0.05, 0.1) is 0 Å². The molecule has 0 aromatic carbocycles. The lowest BCUT2D eigenvalue weighted by Gasteiger charge is -2.32. The fraction of sp³-hybridized carbons (Fsp3) is 0.846. The number of Topliss-reactive ketones (excluding diaryl/α,β-unsaturated/α-hetero) is 1. The van der Waals surface area contributed by atoms with Crippen LogP contribution in [0.15, 0.2) is 0 Å². The molecule has 0 aromatic heterocycles. The Hall–Kier alpha value is -1.06. The van der Waals surface area contributed by atoms with Crippen molar-refractivity contribution >= 4 is 11.9 Å². The topological polar surface area (TPSA) is 46.6 Å². The van der Waals surface area contributed by atoms with Gasteiger partial charge < -0.3 is 9.64 Å². The molecule has 0 aliphatic heterocycles. The van der Waals surface area contributed by atoms with Crippen LogP contribution in [0.5, 0.6) is 0 Å². The summed E-state index contributed by atoms with van der Waals surface area (Å²) in [7, 11) is 1.70. The molecule has 4 heteroatoms. The van der Waals surface area contributed by atoms with E-state index in [4.69, 9.17) is 4.74 Å². The summed E-state index contributed by atoms with van der Waals surface area (Å²) in [5.41, 5.74) is -0.830. The Morgan fingerprint density at radius 1 is 1.29 bits per heavy atom. The fourth-order valence-electron chi connectivity index (χ4n) is 2.06. The van der Waals surface area contributed by atoms with Crippen LogP contribution < -0.4 is 0 Å². The average molecular weight is 241 g/mol. The van der Waals surface area contributed by atoms with Crippen LogP contribution in [0.4, 0.5) is 4.79 Å². The molecule has 1 amide bonds. The number of nitrogens with zero attached hydrogens (tertiary/aromatic N) is 1. The van der Waals surface area contributed by atoms with Crippen LogP contribution in [0.1, 0.15) is 47.5 Å². The zero-order chi connectivity index (χ0) is 13.4. The first-order valence-corrected chi connectivity index (χ1v) is 6.07. The molecule has 1 fully saturated rings. The van der Waals surface area contributed by atoms with E-state index in [1.807, 2.05) is 27.7 Å². The van der Waals surface area contributed by atoms with E-state index in [1.54, 1.807) is 18.9 Å². The molecule has 0 heterocycles. The van der Waals surface area contributed by atoms with E-state index in [2.05, 4.69) is 0 Å². The molecule has 0 radical (unpaired) electrons. The summed E-state index contributed by atoms with van der Waals surface area (Å²) in [5, 5.41) is 0. The van der Waals surface area contributed by atoms with Crippen molar-refractivity contribution in [3.8, 4) is 0 Å². The third kappa shape index (κ3) is 2.99. The predicted octanol–water partition coefficient (Wildman–Crippen LogP) is 2.61. The Morgan fingerprint density at radius 2 is 1.76 bits per heavy atom. The van der Waals surface area contributed by atoms with Crippen LogP contribution in [-0.4, -0.2) is 35.5 Å².